The van der Waals surface area contributed by atoms with Crippen molar-refractivity contribution in [3.63, 3.8) is 0 Å². The molecule has 0 bridgehead atoms. The van der Waals surface area contributed by atoms with Crippen molar-refractivity contribution in [2.75, 3.05) is 19.0 Å². The highest BCUT2D eigenvalue weighted by Gasteiger charge is 2.39. The minimum Gasteiger partial charge on any atom is -0.497 e. The maximum absolute atomic E-state index is 12.8. The molecule has 1 N–H and O–H groups in total. The van der Waals surface area contributed by atoms with Crippen molar-refractivity contribution in [3.8, 4) is 5.75 Å². The quantitative estimate of drug-likeness (QED) is 0.776. The number of rotatable bonds is 5. The molecule has 2 aromatic rings. The van der Waals surface area contributed by atoms with Gasteiger partial charge in [-0.3, -0.25) is 14.5 Å². The second kappa shape index (κ2) is 7.40. The van der Waals surface area contributed by atoms with E-state index >= 15 is 0 Å². The summed E-state index contributed by atoms with van der Waals surface area (Å²) < 4.78 is 5.13. The number of methoxy groups -OCH3 is 1. The van der Waals surface area contributed by atoms with Gasteiger partial charge >= 0.3 is 0 Å². The number of anilines is 1. The van der Waals surface area contributed by atoms with Crippen molar-refractivity contribution < 1.29 is 14.3 Å². The third-order valence-electron chi connectivity index (χ3n) is 4.04. The number of benzene rings is 2. The molecule has 2 amide bonds. The largest absolute Gasteiger partial charge is 0.497 e. The summed E-state index contributed by atoms with van der Waals surface area (Å²) in [5.41, 5.74) is 1.53. The van der Waals surface area contributed by atoms with E-state index in [0.29, 0.717) is 27.0 Å². The number of imide groups is 1. The maximum Gasteiger partial charge on any atom is 0.278 e. The van der Waals surface area contributed by atoms with Crippen molar-refractivity contribution in [2.45, 2.75) is 6.92 Å². The predicted octanol–water partition coefficient (Wildman–Crippen LogP) is 4.21. The van der Waals surface area contributed by atoms with E-state index in [1.165, 1.54) is 4.90 Å². The summed E-state index contributed by atoms with van der Waals surface area (Å²) in [7, 11) is 1.57. The van der Waals surface area contributed by atoms with Gasteiger partial charge in [-0.05, 0) is 43.3 Å². The molecule has 0 radical (unpaired) electrons. The number of nitrogens with zero attached hydrogens (tertiary/aromatic N) is 1. The molecule has 0 unspecified atom stereocenters. The van der Waals surface area contributed by atoms with Crippen molar-refractivity contribution >= 4 is 46.3 Å². The molecule has 2 aromatic carbocycles. The molecule has 0 saturated carbocycles. The molecule has 7 heteroatoms. The number of nitrogens with one attached hydrogen (secondary N) is 1. The second-order valence-corrected chi connectivity index (χ2v) is 6.43. The van der Waals surface area contributed by atoms with E-state index in [1.54, 1.807) is 56.5 Å². The highest BCUT2D eigenvalue weighted by molar-refractivity contribution is 6.41. The lowest BCUT2D eigenvalue weighted by Crippen LogP contribution is -2.32. The number of hydrogen-bond donors (Lipinski definition) is 1. The molecule has 0 fully saturated rings. The normalized spacial score (nSPS) is 14.2. The Kier molecular flexibility index (Phi) is 5.20. The Morgan fingerprint density at radius 2 is 1.73 bits per heavy atom. The Morgan fingerprint density at radius 3 is 2.31 bits per heavy atom. The maximum atomic E-state index is 12.8. The summed E-state index contributed by atoms with van der Waals surface area (Å²) in [4.78, 5) is 26.7. The number of likely N-dealkylation sites (N-methyl/N-ethyl adjacent to an activating group) is 1. The fourth-order valence-electron chi connectivity index (χ4n) is 2.74. The number of carbonyl (C=O) groups excluding carboxylic acids is 2. The number of halogens is 2. The zero-order valence-electron chi connectivity index (χ0n) is 14.2. The van der Waals surface area contributed by atoms with Crippen molar-refractivity contribution in [2.24, 2.45) is 0 Å². The Morgan fingerprint density at radius 1 is 1.04 bits per heavy atom. The van der Waals surface area contributed by atoms with Crippen molar-refractivity contribution in [3.05, 3.63) is 63.8 Å². The van der Waals surface area contributed by atoms with Crippen LogP contribution in [0.4, 0.5) is 5.69 Å². The van der Waals surface area contributed by atoms with Crippen molar-refractivity contribution in [1.82, 2.24) is 4.90 Å². The van der Waals surface area contributed by atoms with Gasteiger partial charge in [0.25, 0.3) is 11.8 Å². The molecule has 0 spiro atoms. The first-order valence-corrected chi connectivity index (χ1v) is 8.68. The summed E-state index contributed by atoms with van der Waals surface area (Å²) in [5.74, 6) is -0.0958. The molecule has 0 aromatic heterocycles. The number of amides is 2. The summed E-state index contributed by atoms with van der Waals surface area (Å²) in [6.07, 6.45) is 0. The van der Waals surface area contributed by atoms with Crippen LogP contribution in [0.25, 0.3) is 5.57 Å². The first-order chi connectivity index (χ1) is 12.5. The van der Waals surface area contributed by atoms with Gasteiger partial charge in [-0.25, -0.2) is 0 Å². The highest BCUT2D eigenvalue weighted by Crippen LogP contribution is 2.35. The molecule has 0 atom stereocenters. The molecule has 26 heavy (non-hydrogen) atoms. The molecule has 0 saturated heterocycles. The molecule has 1 aliphatic rings. The number of carbonyl (C=O) groups is 2. The molecule has 5 nitrogen and oxygen atoms in total. The molecule has 0 aliphatic carbocycles. The number of ether oxygens (including phenoxy) is 1. The molecule has 1 heterocycles. The molecule has 1 aliphatic heterocycles. The van der Waals surface area contributed by atoms with Gasteiger partial charge in [0, 0.05) is 22.8 Å². The van der Waals surface area contributed by atoms with Gasteiger partial charge in [0.1, 0.15) is 11.4 Å². The van der Waals surface area contributed by atoms with E-state index in [2.05, 4.69) is 5.32 Å². The molecular formula is C19H16Cl2N2O3. The van der Waals surface area contributed by atoms with Crippen LogP contribution in [0, 0.1) is 0 Å². The van der Waals surface area contributed by atoms with Gasteiger partial charge in [-0.15, -0.1) is 0 Å². The van der Waals surface area contributed by atoms with Gasteiger partial charge in [0.2, 0.25) is 0 Å². The third kappa shape index (κ3) is 3.28. The van der Waals surface area contributed by atoms with E-state index in [0.717, 1.165) is 0 Å². The van der Waals surface area contributed by atoms with E-state index in [1.807, 2.05) is 0 Å². The average molecular weight is 391 g/mol. The average Bonchev–Trinajstić information content (AvgIpc) is 2.86. The van der Waals surface area contributed by atoms with Crippen LogP contribution in [-0.4, -0.2) is 30.4 Å². The van der Waals surface area contributed by atoms with Gasteiger partial charge in [0.05, 0.1) is 17.7 Å². The minimum absolute atomic E-state index is 0.186. The fourth-order valence-corrected chi connectivity index (χ4v) is 3.24. The summed E-state index contributed by atoms with van der Waals surface area (Å²) in [6, 6.07) is 11.9. The van der Waals surface area contributed by atoms with Crippen LogP contribution in [0.3, 0.4) is 0 Å². The fraction of sp³-hybridized carbons (Fsp3) is 0.158. The summed E-state index contributed by atoms with van der Waals surface area (Å²) >= 11 is 12.2. The smallest absolute Gasteiger partial charge is 0.278 e. The van der Waals surface area contributed by atoms with Crippen LogP contribution in [-0.2, 0) is 9.59 Å². The third-order valence-corrected chi connectivity index (χ3v) is 4.59. The van der Waals surface area contributed by atoms with E-state index in [-0.39, 0.29) is 17.8 Å². The van der Waals surface area contributed by atoms with Crippen LogP contribution in [0.2, 0.25) is 10.0 Å². The first kappa shape index (κ1) is 18.3. The van der Waals surface area contributed by atoms with Crippen LogP contribution < -0.4 is 10.1 Å². The van der Waals surface area contributed by atoms with Crippen LogP contribution in [0.5, 0.6) is 5.75 Å². The Labute approximate surface area is 161 Å². The van der Waals surface area contributed by atoms with Gasteiger partial charge < -0.3 is 10.1 Å². The monoisotopic (exact) mass is 390 g/mol. The summed E-state index contributed by atoms with van der Waals surface area (Å²) in [5, 5.41) is 3.81. The Balaban J connectivity index is 2.09. The number of hydrogen-bond acceptors (Lipinski definition) is 4. The lowest BCUT2D eigenvalue weighted by molar-refractivity contribution is -0.136. The topological polar surface area (TPSA) is 58.6 Å². The molecular weight excluding hydrogens is 375 g/mol. The Hall–Kier alpha value is -2.50. The SMILES string of the molecule is CCN1C(=O)C(Nc2ccc(OC)cc2)=C(c2ccc(Cl)cc2Cl)C1=O. The van der Waals surface area contributed by atoms with Gasteiger partial charge in [-0.2, -0.15) is 0 Å². The molecule has 134 valence electrons. The minimum atomic E-state index is -0.394. The lowest BCUT2D eigenvalue weighted by Gasteiger charge is -2.12. The van der Waals surface area contributed by atoms with Crippen molar-refractivity contribution in [1.29, 1.82) is 0 Å². The Bertz CT molecular complexity index is 908. The predicted molar refractivity (Wildman–Crippen MR) is 102 cm³/mol. The van der Waals surface area contributed by atoms with Gasteiger partial charge in [-0.1, -0.05) is 29.3 Å². The summed E-state index contributed by atoms with van der Waals surface area (Å²) in [6.45, 7) is 2.01. The van der Waals surface area contributed by atoms with E-state index < -0.39 is 11.8 Å². The van der Waals surface area contributed by atoms with E-state index in [4.69, 9.17) is 27.9 Å². The highest BCUT2D eigenvalue weighted by atomic mass is 35.5. The first-order valence-electron chi connectivity index (χ1n) is 7.93. The van der Waals surface area contributed by atoms with E-state index in [9.17, 15) is 9.59 Å². The zero-order chi connectivity index (χ0) is 18.8. The standard InChI is InChI=1S/C19H16Cl2N2O3/c1-3-23-18(24)16(14-9-4-11(20)10-15(14)21)17(19(23)25)22-12-5-7-13(26-2)8-6-12/h4-10,22H,3H2,1-2H3. The van der Waals surface area contributed by atoms with Gasteiger partial charge in [0.15, 0.2) is 0 Å². The lowest BCUT2D eigenvalue weighted by atomic mass is 10.0. The zero-order valence-corrected chi connectivity index (χ0v) is 15.7. The second-order valence-electron chi connectivity index (χ2n) is 5.58. The molecule has 3 rings (SSSR count). The van der Waals surface area contributed by atoms with Crippen LogP contribution in [0.15, 0.2) is 48.2 Å². The van der Waals surface area contributed by atoms with Crippen LogP contribution >= 0.6 is 23.2 Å². The van der Waals surface area contributed by atoms with Crippen LogP contribution in [0.1, 0.15) is 12.5 Å².